The summed E-state index contributed by atoms with van der Waals surface area (Å²) in [6.07, 6.45) is 0. The molecular weight excluding hydrogens is 118 g/mol. The summed E-state index contributed by atoms with van der Waals surface area (Å²) in [6, 6.07) is -1.70. The van der Waals surface area contributed by atoms with Gasteiger partial charge in [-0.05, 0) is 0 Å². The Morgan fingerprint density at radius 2 is 1.86 bits per heavy atom. The maximum atomic E-state index is 10.7. The summed E-state index contributed by atoms with van der Waals surface area (Å²) in [7, 11) is -4.33. The van der Waals surface area contributed by atoms with Gasteiger partial charge in [0.05, 0.1) is 0 Å². The van der Waals surface area contributed by atoms with E-state index in [1.54, 1.807) is 0 Å². The van der Waals surface area contributed by atoms with Crippen LogP contribution in [0.3, 0.4) is 0 Å². The first kappa shape index (κ1) is 10.4. The molecule has 0 fully saturated rings. The first-order valence-electron chi connectivity index (χ1n) is 1.07. The van der Waals surface area contributed by atoms with E-state index in [9.17, 15) is 12.8 Å². The molecule has 0 amide bonds. The van der Waals surface area contributed by atoms with Gasteiger partial charge in [0.15, 0.2) is 0 Å². The van der Waals surface area contributed by atoms with Gasteiger partial charge >= 0.3 is 18.9 Å². The largest absolute Gasteiger partial charge is 1.00 e. The monoisotopic (exact) mass is 122 g/mol. The zero-order valence-corrected chi connectivity index (χ0v) is 4.57. The van der Waals surface area contributed by atoms with E-state index in [-0.39, 0.29) is 20.3 Å². The molecule has 0 aromatic carbocycles. The van der Waals surface area contributed by atoms with Gasteiger partial charge in [0.2, 0.25) is 6.01 Å². The second-order valence-corrected chi connectivity index (χ2v) is 2.07. The SMILES string of the molecule is O=S(=O)(O)CF.[H-].[Li+]. The van der Waals surface area contributed by atoms with Crippen molar-refractivity contribution in [1.82, 2.24) is 0 Å². The summed E-state index contributed by atoms with van der Waals surface area (Å²) >= 11 is 0. The Balaban J connectivity index is -0.000000125. The fourth-order valence-electron chi connectivity index (χ4n) is 0. The number of hydrogen-bond donors (Lipinski definition) is 1. The van der Waals surface area contributed by atoms with Crippen molar-refractivity contribution in [2.24, 2.45) is 0 Å². The number of halogens is 1. The smallest absolute Gasteiger partial charge is 1.00 e. The van der Waals surface area contributed by atoms with Gasteiger partial charge in [-0.2, -0.15) is 8.42 Å². The molecule has 0 saturated heterocycles. The minimum Gasteiger partial charge on any atom is -1.00 e. The molecule has 0 rings (SSSR count). The first-order valence-corrected chi connectivity index (χ1v) is 2.68. The predicted octanol–water partition coefficient (Wildman–Crippen LogP) is -3.08. The van der Waals surface area contributed by atoms with E-state index in [2.05, 4.69) is 0 Å². The van der Waals surface area contributed by atoms with Crippen molar-refractivity contribution >= 4 is 10.1 Å². The second kappa shape index (κ2) is 3.44. The molecule has 3 nitrogen and oxygen atoms in total. The quantitative estimate of drug-likeness (QED) is 0.296. The van der Waals surface area contributed by atoms with Crippen LogP contribution in [0.2, 0.25) is 0 Å². The predicted molar refractivity (Wildman–Crippen MR) is 18.6 cm³/mol. The van der Waals surface area contributed by atoms with Crippen molar-refractivity contribution in [3.8, 4) is 0 Å². The van der Waals surface area contributed by atoms with Crippen LogP contribution in [0.25, 0.3) is 0 Å². The standard InChI is InChI=1S/CH3FO3S.Li.H/c2-1-6(3,4)5;;/h1H2,(H,3,4,5);;/q;+1;-1. The molecule has 0 aromatic rings. The molecule has 6 heteroatoms. The molecule has 0 heterocycles. The van der Waals surface area contributed by atoms with E-state index >= 15 is 0 Å². The third kappa shape index (κ3) is 10.7. The van der Waals surface area contributed by atoms with E-state index < -0.39 is 16.1 Å². The molecule has 0 unspecified atom stereocenters. The molecule has 0 bridgehead atoms. The van der Waals surface area contributed by atoms with Crippen LogP contribution in [0.5, 0.6) is 0 Å². The van der Waals surface area contributed by atoms with Gasteiger partial charge in [0.1, 0.15) is 0 Å². The minimum atomic E-state index is -4.33. The van der Waals surface area contributed by atoms with Crippen LogP contribution in [0.15, 0.2) is 0 Å². The Morgan fingerprint density at radius 3 is 1.86 bits per heavy atom. The van der Waals surface area contributed by atoms with Crippen LogP contribution in [0.4, 0.5) is 4.39 Å². The maximum absolute atomic E-state index is 10.7. The van der Waals surface area contributed by atoms with Crippen molar-refractivity contribution in [2.75, 3.05) is 6.01 Å². The molecular formula is CH4FLiO3S. The van der Waals surface area contributed by atoms with Crippen LogP contribution in [0, 0.1) is 0 Å². The number of alkyl halides is 1. The topological polar surface area (TPSA) is 54.4 Å². The van der Waals surface area contributed by atoms with Crippen LogP contribution < -0.4 is 18.9 Å². The van der Waals surface area contributed by atoms with Gasteiger partial charge in [-0.1, -0.05) is 0 Å². The minimum absolute atomic E-state index is 0. The second-order valence-electron chi connectivity index (χ2n) is 0.691. The molecule has 0 radical (unpaired) electrons. The summed E-state index contributed by atoms with van der Waals surface area (Å²) in [4.78, 5) is 0. The number of rotatable bonds is 1. The normalized spacial score (nSPS) is 10.0. The molecule has 1 N–H and O–H groups in total. The van der Waals surface area contributed by atoms with Crippen LogP contribution in [-0.4, -0.2) is 19.0 Å². The molecule has 0 saturated carbocycles. The average molecular weight is 122 g/mol. The third-order valence-electron chi connectivity index (χ3n) is 0.138. The van der Waals surface area contributed by atoms with Crippen molar-refractivity contribution in [1.29, 1.82) is 0 Å². The molecule has 7 heavy (non-hydrogen) atoms. The van der Waals surface area contributed by atoms with E-state index in [0.717, 1.165) is 0 Å². The van der Waals surface area contributed by atoms with Crippen molar-refractivity contribution in [2.45, 2.75) is 0 Å². The molecule has 0 aromatic heterocycles. The van der Waals surface area contributed by atoms with Gasteiger partial charge in [-0.15, -0.1) is 0 Å². The van der Waals surface area contributed by atoms with E-state index in [1.807, 2.05) is 0 Å². The Hall–Kier alpha value is 0.437. The van der Waals surface area contributed by atoms with E-state index in [1.165, 1.54) is 0 Å². The van der Waals surface area contributed by atoms with E-state index in [4.69, 9.17) is 4.55 Å². The van der Waals surface area contributed by atoms with Crippen molar-refractivity contribution < 1.29 is 37.6 Å². The fourth-order valence-corrected chi connectivity index (χ4v) is 0. The third-order valence-corrected chi connectivity index (χ3v) is 0.414. The Morgan fingerprint density at radius 1 is 1.71 bits per heavy atom. The average Bonchev–Trinajstić information content (AvgIpc) is 1.35. The molecule has 0 aliphatic heterocycles. The zero-order chi connectivity index (χ0) is 5.21. The van der Waals surface area contributed by atoms with Crippen LogP contribution in [-0.2, 0) is 10.1 Å². The fraction of sp³-hybridized carbons (Fsp3) is 1.00. The zero-order valence-electron chi connectivity index (χ0n) is 4.76. The summed E-state index contributed by atoms with van der Waals surface area (Å²) in [5.41, 5.74) is 0. The van der Waals surface area contributed by atoms with Gasteiger partial charge in [-0.25, -0.2) is 4.39 Å². The maximum Gasteiger partial charge on any atom is 1.00 e. The Labute approximate surface area is 54.3 Å². The molecule has 0 aliphatic rings. The summed E-state index contributed by atoms with van der Waals surface area (Å²) < 4.78 is 36.4. The Bertz CT molecular complexity index is 121. The summed E-state index contributed by atoms with van der Waals surface area (Å²) in [5.74, 6) is 0. The van der Waals surface area contributed by atoms with E-state index in [0.29, 0.717) is 0 Å². The van der Waals surface area contributed by atoms with Crippen molar-refractivity contribution in [3.05, 3.63) is 0 Å². The van der Waals surface area contributed by atoms with Crippen LogP contribution >= 0.6 is 0 Å². The van der Waals surface area contributed by atoms with Gasteiger partial charge in [0.25, 0.3) is 10.1 Å². The molecule has 0 aliphatic carbocycles. The van der Waals surface area contributed by atoms with Gasteiger partial charge in [0, 0.05) is 0 Å². The molecule has 40 valence electrons. The van der Waals surface area contributed by atoms with Crippen molar-refractivity contribution in [3.63, 3.8) is 0 Å². The summed E-state index contributed by atoms with van der Waals surface area (Å²) in [5, 5.41) is 0. The first-order chi connectivity index (χ1) is 2.56. The van der Waals surface area contributed by atoms with Gasteiger partial charge in [-0.3, -0.25) is 4.55 Å². The molecule has 0 spiro atoms. The van der Waals surface area contributed by atoms with Gasteiger partial charge < -0.3 is 1.43 Å². The van der Waals surface area contributed by atoms with Crippen LogP contribution in [0.1, 0.15) is 1.43 Å². The molecule has 0 atom stereocenters. The Kier molecular flexibility index (Phi) is 5.12. The number of hydrogen-bond acceptors (Lipinski definition) is 2. The summed E-state index contributed by atoms with van der Waals surface area (Å²) in [6.45, 7) is 0.